The fraction of sp³-hybridized carbons (Fsp3) is 0.649. The van der Waals surface area contributed by atoms with Crippen LogP contribution in [0.3, 0.4) is 0 Å². The summed E-state index contributed by atoms with van der Waals surface area (Å²) in [7, 11) is 8.06. The second-order valence-electron chi connectivity index (χ2n) is 15.7. The number of phenolic OH excluding ortho intramolecular Hbond substituents is 1. The minimum atomic E-state index is -2.78. The van der Waals surface area contributed by atoms with Gasteiger partial charge in [0.15, 0.2) is 28.7 Å². The number of rotatable bonds is 13. The van der Waals surface area contributed by atoms with Crippen LogP contribution in [0.1, 0.15) is 55.6 Å². The molecule has 2 unspecified atom stereocenters. The number of ketones is 5. The minimum Gasteiger partial charge on any atom is -0.507 e. The zero-order chi connectivity index (χ0) is 39.7. The summed E-state index contributed by atoms with van der Waals surface area (Å²) in [6.45, 7) is 5.89. The molecule has 4 rings (SSSR count). The Bertz CT molecular complexity index is 1670. The summed E-state index contributed by atoms with van der Waals surface area (Å²) >= 11 is 0. The number of aliphatic hydroxyl groups is 1. The van der Waals surface area contributed by atoms with Gasteiger partial charge in [-0.2, -0.15) is 0 Å². The Morgan fingerprint density at radius 2 is 1.66 bits per heavy atom. The molecule has 0 heterocycles. The number of likely N-dealkylation sites (N-methyl/N-ethyl adjacent to an activating group) is 1. The monoisotopic (exact) mass is 745 g/mol. The van der Waals surface area contributed by atoms with Crippen LogP contribution >= 0.6 is 0 Å². The van der Waals surface area contributed by atoms with Crippen molar-refractivity contribution < 1.29 is 62.7 Å². The molecular formula is C37H51N3O13. The van der Waals surface area contributed by atoms with Gasteiger partial charge in [-0.1, -0.05) is 20.8 Å². The number of benzene rings is 1. The molecule has 3 aliphatic rings. The molecule has 3 aliphatic carbocycles. The van der Waals surface area contributed by atoms with E-state index in [2.05, 4.69) is 0 Å². The van der Waals surface area contributed by atoms with E-state index < -0.39 is 94.3 Å². The summed E-state index contributed by atoms with van der Waals surface area (Å²) < 4.78 is 20.1. The quantitative estimate of drug-likeness (QED) is 0.126. The maximum Gasteiger partial charge on any atom is 0.412 e. The Morgan fingerprint density at radius 3 is 2.23 bits per heavy atom. The molecule has 0 saturated heterocycles. The second kappa shape index (κ2) is 16.0. The van der Waals surface area contributed by atoms with Crippen molar-refractivity contribution in [1.82, 2.24) is 9.80 Å². The van der Waals surface area contributed by atoms with Crippen molar-refractivity contribution in [3.8, 4) is 5.75 Å². The third-order valence-electron chi connectivity index (χ3n) is 10.1. The third kappa shape index (κ3) is 8.15. The molecular weight excluding hydrogens is 694 g/mol. The van der Waals surface area contributed by atoms with Crippen LogP contribution in [-0.2, 0) is 55.9 Å². The minimum absolute atomic E-state index is 0.0481. The molecule has 16 heteroatoms. The van der Waals surface area contributed by atoms with Crippen LogP contribution in [-0.4, -0.2) is 141 Å². The Hall–Kier alpha value is -4.25. The number of phenols is 1. The van der Waals surface area contributed by atoms with Gasteiger partial charge in [0, 0.05) is 44.9 Å². The standard InChI is InChI=1S/C37H51N3O13/c1-19(41)26-32(45)29(39(7)8)23-13-20-12-22-24(38(5)6)14-21(30(43)28(22)31(44)27(20)34(47)37(23,49)33(26)46)15-40(17-36(2,3)4)35(48)53-18-52-25(42)16-51-11-10-50-9/h14,20,23,26-27,29,43,49H,10-13,15-18H2,1-9H3/t20-,23-,26?,27?,29-,37+/m0/s1. The van der Waals surface area contributed by atoms with E-state index in [1.165, 1.54) is 16.9 Å². The van der Waals surface area contributed by atoms with E-state index in [1.807, 2.05) is 20.8 Å². The van der Waals surface area contributed by atoms with Gasteiger partial charge in [-0.25, -0.2) is 9.59 Å². The first kappa shape index (κ1) is 41.5. The van der Waals surface area contributed by atoms with Crippen LogP contribution in [0.4, 0.5) is 10.5 Å². The average molecular weight is 746 g/mol. The van der Waals surface area contributed by atoms with Crippen LogP contribution in [0.5, 0.6) is 5.75 Å². The molecule has 1 aromatic carbocycles. The summed E-state index contributed by atoms with van der Waals surface area (Å²) in [5.41, 5.74) is -2.33. The highest BCUT2D eigenvalue weighted by Gasteiger charge is 2.69. The first-order chi connectivity index (χ1) is 24.7. The predicted octanol–water partition coefficient (Wildman–Crippen LogP) is 1.19. The average Bonchev–Trinajstić information content (AvgIpc) is 3.04. The summed E-state index contributed by atoms with van der Waals surface area (Å²) in [5, 5.41) is 23.7. The number of hydrogen-bond donors (Lipinski definition) is 2. The van der Waals surface area contributed by atoms with E-state index >= 15 is 0 Å². The number of esters is 1. The van der Waals surface area contributed by atoms with E-state index in [9.17, 15) is 43.8 Å². The molecule has 2 saturated carbocycles. The van der Waals surface area contributed by atoms with E-state index in [4.69, 9.17) is 18.9 Å². The maximum absolute atomic E-state index is 14.5. The lowest BCUT2D eigenvalue weighted by molar-refractivity contribution is -0.181. The van der Waals surface area contributed by atoms with E-state index in [0.29, 0.717) is 11.3 Å². The molecule has 0 aliphatic heterocycles. The van der Waals surface area contributed by atoms with E-state index in [0.717, 1.165) is 6.92 Å². The van der Waals surface area contributed by atoms with Crippen LogP contribution in [0.25, 0.3) is 0 Å². The van der Waals surface area contributed by atoms with Gasteiger partial charge in [0.2, 0.25) is 6.79 Å². The molecule has 6 atom stereocenters. The molecule has 53 heavy (non-hydrogen) atoms. The number of carbonyl (C=O) groups excluding carboxylic acids is 7. The van der Waals surface area contributed by atoms with Crippen molar-refractivity contribution >= 4 is 46.7 Å². The predicted molar refractivity (Wildman–Crippen MR) is 187 cm³/mol. The second-order valence-corrected chi connectivity index (χ2v) is 15.7. The number of anilines is 1. The first-order valence-electron chi connectivity index (χ1n) is 17.4. The molecule has 0 radical (unpaired) electrons. The van der Waals surface area contributed by atoms with Gasteiger partial charge in [-0.15, -0.1) is 0 Å². The maximum atomic E-state index is 14.5. The highest BCUT2D eigenvalue weighted by molar-refractivity contribution is 6.32. The third-order valence-corrected chi connectivity index (χ3v) is 10.1. The lowest BCUT2D eigenvalue weighted by atomic mass is 9.52. The number of carbonyl (C=O) groups is 7. The van der Waals surface area contributed by atoms with Gasteiger partial charge in [0.25, 0.3) is 0 Å². The summed E-state index contributed by atoms with van der Waals surface area (Å²) in [4.78, 5) is 98.3. The molecule has 0 bridgehead atoms. The fourth-order valence-corrected chi connectivity index (χ4v) is 7.88. The van der Waals surface area contributed by atoms with E-state index in [1.54, 1.807) is 39.2 Å². The zero-order valence-electron chi connectivity index (χ0n) is 31.8. The Balaban J connectivity index is 1.69. The van der Waals surface area contributed by atoms with Gasteiger partial charge in [-0.3, -0.25) is 28.9 Å². The van der Waals surface area contributed by atoms with Crippen LogP contribution in [0.2, 0.25) is 0 Å². The SMILES string of the molecule is COCCOCC(=O)OCOC(=O)N(Cc1cc(N(C)C)c2c(c1O)C(=O)C1C(=O)[C@]3(O)C(=O)C(C(C)=O)C(=O)[C@@H](N(C)C)[C@@H]3C[C@@H]1C2)CC(C)(C)C. The van der Waals surface area contributed by atoms with Gasteiger partial charge in [0.1, 0.15) is 24.1 Å². The summed E-state index contributed by atoms with van der Waals surface area (Å²) in [5.74, 6) is -11.2. The van der Waals surface area contributed by atoms with Crippen LogP contribution in [0.15, 0.2) is 6.07 Å². The Morgan fingerprint density at radius 1 is 1.00 bits per heavy atom. The van der Waals surface area contributed by atoms with Crippen molar-refractivity contribution in [3.63, 3.8) is 0 Å². The molecule has 1 aromatic rings. The fourth-order valence-electron chi connectivity index (χ4n) is 7.88. The van der Waals surface area contributed by atoms with Crippen molar-refractivity contribution in [1.29, 1.82) is 0 Å². The highest BCUT2D eigenvalue weighted by Crippen LogP contribution is 2.52. The zero-order valence-corrected chi connectivity index (χ0v) is 31.8. The normalized spacial score (nSPS) is 25.4. The molecule has 292 valence electrons. The number of amides is 1. The number of aromatic hydroxyl groups is 1. The molecule has 0 aromatic heterocycles. The van der Waals surface area contributed by atoms with Crippen molar-refractivity contribution in [3.05, 3.63) is 22.8 Å². The number of fused-ring (bicyclic) bond motifs is 3. The van der Waals surface area contributed by atoms with Gasteiger partial charge in [-0.05, 0) is 56.8 Å². The van der Waals surface area contributed by atoms with Crippen LogP contribution in [0, 0.1) is 29.1 Å². The van der Waals surface area contributed by atoms with Gasteiger partial charge in [0.05, 0.1) is 37.3 Å². The smallest absolute Gasteiger partial charge is 0.412 e. The molecule has 2 fully saturated rings. The number of methoxy groups -OCH3 is 1. The first-order valence-corrected chi connectivity index (χ1v) is 17.4. The Kier molecular flexibility index (Phi) is 12.5. The molecule has 2 N–H and O–H groups in total. The number of ether oxygens (including phenoxy) is 4. The molecule has 1 amide bonds. The Labute approximate surface area is 308 Å². The van der Waals surface area contributed by atoms with Crippen LogP contribution < -0.4 is 4.90 Å². The number of hydrogen-bond acceptors (Lipinski definition) is 15. The number of Topliss-reactive ketones (excluding diaryl/α,β-unsaturated/α-hetero) is 5. The lowest BCUT2D eigenvalue weighted by Gasteiger charge is -2.52. The summed E-state index contributed by atoms with van der Waals surface area (Å²) in [6, 6.07) is 0.500. The lowest BCUT2D eigenvalue weighted by Crippen LogP contribution is -2.73. The van der Waals surface area contributed by atoms with Crippen molar-refractivity contribution in [2.45, 2.75) is 58.7 Å². The van der Waals surface area contributed by atoms with Crippen molar-refractivity contribution in [2.75, 3.05) is 73.4 Å². The highest BCUT2D eigenvalue weighted by atomic mass is 16.7. The van der Waals surface area contributed by atoms with Gasteiger partial charge >= 0.3 is 12.1 Å². The van der Waals surface area contributed by atoms with E-state index in [-0.39, 0.29) is 56.9 Å². The molecule has 16 nitrogen and oxygen atoms in total. The van der Waals surface area contributed by atoms with Gasteiger partial charge < -0.3 is 39.0 Å². The van der Waals surface area contributed by atoms with Crippen molar-refractivity contribution in [2.24, 2.45) is 29.1 Å². The summed E-state index contributed by atoms with van der Waals surface area (Å²) in [6.07, 6.45) is -0.828. The molecule has 0 spiro atoms. The number of nitrogens with zero attached hydrogens (tertiary/aromatic N) is 3. The topological polar surface area (TPSA) is 207 Å². The largest absolute Gasteiger partial charge is 0.507 e.